The van der Waals surface area contributed by atoms with Gasteiger partial charge in [-0.1, -0.05) is 23.2 Å². The predicted molar refractivity (Wildman–Crippen MR) is 119 cm³/mol. The lowest BCUT2D eigenvalue weighted by atomic mass is 9.96. The van der Waals surface area contributed by atoms with Gasteiger partial charge in [0.1, 0.15) is 17.1 Å². The van der Waals surface area contributed by atoms with E-state index >= 15 is 0 Å². The Labute approximate surface area is 188 Å². The first-order chi connectivity index (χ1) is 15.1. The summed E-state index contributed by atoms with van der Waals surface area (Å²) in [6.07, 6.45) is 8.44. The minimum Gasteiger partial charge on any atom is -0.369 e. The molecule has 0 spiro atoms. The Hall–Kier alpha value is -3.15. The monoisotopic (exact) mass is 452 g/mol. The number of nitrogens with one attached hydrogen (secondary N) is 1. The molecule has 0 aliphatic carbocycles. The van der Waals surface area contributed by atoms with E-state index in [1.165, 1.54) is 6.33 Å². The number of nitrogens with zero attached hydrogens (tertiary/aromatic N) is 7. The first-order valence-corrected chi connectivity index (χ1v) is 10.7. The molecule has 0 saturated carbocycles. The zero-order chi connectivity index (χ0) is 21.4. The SMILES string of the molecule is N#CC[C@@H]([C@H]1CCN(c2ccc(Cl)nc2Cl)C1)n1cc(-c2ncnc3[nH]ccc23)cn1. The first-order valence-electron chi connectivity index (χ1n) is 9.90. The summed E-state index contributed by atoms with van der Waals surface area (Å²) < 4.78 is 1.90. The van der Waals surface area contributed by atoms with E-state index in [-0.39, 0.29) is 12.0 Å². The highest BCUT2D eigenvalue weighted by Gasteiger charge is 2.32. The minimum absolute atomic E-state index is 0.0497. The van der Waals surface area contributed by atoms with Gasteiger partial charge in [0.15, 0.2) is 5.15 Å². The molecule has 4 aromatic heterocycles. The van der Waals surface area contributed by atoms with Gasteiger partial charge in [0.05, 0.1) is 36.1 Å². The summed E-state index contributed by atoms with van der Waals surface area (Å²) in [5, 5.41) is 15.8. The number of aromatic amines is 1. The number of halogens is 2. The number of hydrogen-bond acceptors (Lipinski definition) is 6. The van der Waals surface area contributed by atoms with Crippen LogP contribution in [-0.4, -0.2) is 42.8 Å². The average Bonchev–Trinajstić information content (AvgIpc) is 3.52. The molecule has 156 valence electrons. The van der Waals surface area contributed by atoms with E-state index < -0.39 is 0 Å². The molecule has 8 nitrogen and oxygen atoms in total. The number of aromatic nitrogens is 6. The van der Waals surface area contributed by atoms with Crippen LogP contribution in [0.1, 0.15) is 18.9 Å². The Morgan fingerprint density at radius 1 is 1.26 bits per heavy atom. The van der Waals surface area contributed by atoms with Crippen molar-refractivity contribution in [2.24, 2.45) is 5.92 Å². The van der Waals surface area contributed by atoms with Gasteiger partial charge in [0.2, 0.25) is 0 Å². The van der Waals surface area contributed by atoms with Gasteiger partial charge < -0.3 is 9.88 Å². The summed E-state index contributed by atoms with van der Waals surface area (Å²) >= 11 is 12.2. The van der Waals surface area contributed by atoms with Crippen molar-refractivity contribution in [3.05, 3.63) is 53.4 Å². The summed E-state index contributed by atoms with van der Waals surface area (Å²) in [6.45, 7) is 1.60. The van der Waals surface area contributed by atoms with Crippen molar-refractivity contribution in [1.82, 2.24) is 29.7 Å². The Kier molecular flexibility index (Phi) is 5.22. The van der Waals surface area contributed by atoms with Crippen LogP contribution < -0.4 is 4.90 Å². The van der Waals surface area contributed by atoms with Crippen molar-refractivity contribution < 1.29 is 0 Å². The highest BCUT2D eigenvalue weighted by molar-refractivity contribution is 6.34. The van der Waals surface area contributed by atoms with Gasteiger partial charge in [-0.05, 0) is 24.6 Å². The van der Waals surface area contributed by atoms with E-state index in [0.717, 1.165) is 47.5 Å². The molecule has 10 heteroatoms. The van der Waals surface area contributed by atoms with Gasteiger partial charge in [-0.25, -0.2) is 15.0 Å². The van der Waals surface area contributed by atoms with Crippen molar-refractivity contribution in [2.45, 2.75) is 18.9 Å². The molecular weight excluding hydrogens is 435 g/mol. The van der Waals surface area contributed by atoms with Crippen molar-refractivity contribution in [1.29, 1.82) is 5.26 Å². The predicted octanol–water partition coefficient (Wildman–Crippen LogP) is 4.50. The van der Waals surface area contributed by atoms with Crippen LogP contribution in [0.5, 0.6) is 0 Å². The number of H-pyrrole nitrogens is 1. The topological polar surface area (TPSA) is 99.3 Å². The van der Waals surface area contributed by atoms with Gasteiger partial charge in [-0.15, -0.1) is 0 Å². The number of pyridine rings is 1. The maximum Gasteiger partial charge on any atom is 0.154 e. The summed E-state index contributed by atoms with van der Waals surface area (Å²) in [5.74, 6) is 0.247. The number of rotatable bonds is 5. The smallest absolute Gasteiger partial charge is 0.154 e. The summed E-state index contributed by atoms with van der Waals surface area (Å²) in [5.41, 5.74) is 3.36. The summed E-state index contributed by atoms with van der Waals surface area (Å²) in [7, 11) is 0. The van der Waals surface area contributed by atoms with Crippen LogP contribution in [-0.2, 0) is 0 Å². The van der Waals surface area contributed by atoms with Crippen LogP contribution in [0.25, 0.3) is 22.3 Å². The van der Waals surface area contributed by atoms with Crippen molar-refractivity contribution in [3.63, 3.8) is 0 Å². The van der Waals surface area contributed by atoms with E-state index in [9.17, 15) is 5.26 Å². The standard InChI is InChI=1S/C21H18Cl2N8/c22-18-2-1-17(20(23)29-18)30-8-5-13(10-30)16(3-6-24)31-11-14(9-28-31)19-15-4-7-25-21(15)27-12-26-19/h1-2,4,7,9,11-13,16H,3,5,8,10H2,(H,25,26,27)/t13-,16-/m0/s1. The fourth-order valence-corrected chi connectivity index (χ4v) is 4.74. The van der Waals surface area contributed by atoms with Crippen molar-refractivity contribution >= 4 is 39.9 Å². The lowest BCUT2D eigenvalue weighted by molar-refractivity contribution is 0.332. The molecule has 4 aromatic rings. The number of fused-ring (bicyclic) bond motifs is 1. The molecular formula is C21H18Cl2N8. The van der Waals surface area contributed by atoms with E-state index in [1.807, 2.05) is 29.2 Å². The lowest BCUT2D eigenvalue weighted by Crippen LogP contribution is -2.25. The molecule has 0 amide bonds. The third-order valence-electron chi connectivity index (χ3n) is 5.77. The van der Waals surface area contributed by atoms with Gasteiger partial charge in [-0.2, -0.15) is 10.4 Å². The van der Waals surface area contributed by atoms with Crippen LogP contribution in [0, 0.1) is 17.2 Å². The quantitative estimate of drug-likeness (QED) is 0.447. The highest BCUT2D eigenvalue weighted by atomic mass is 35.5. The summed E-state index contributed by atoms with van der Waals surface area (Å²) in [6, 6.07) is 7.86. The molecule has 0 radical (unpaired) electrons. The first kappa shape index (κ1) is 19.8. The van der Waals surface area contributed by atoms with Gasteiger partial charge in [0, 0.05) is 42.4 Å². The molecule has 1 aliphatic rings. The molecule has 2 atom stereocenters. The second kappa shape index (κ2) is 8.17. The third-order valence-corrected chi connectivity index (χ3v) is 6.26. The normalized spacial score (nSPS) is 17.2. The van der Waals surface area contributed by atoms with Gasteiger partial charge >= 0.3 is 0 Å². The second-order valence-electron chi connectivity index (χ2n) is 7.54. The number of nitriles is 1. The van der Waals surface area contributed by atoms with E-state index in [4.69, 9.17) is 23.2 Å². The fourth-order valence-electron chi connectivity index (χ4n) is 4.27. The zero-order valence-electron chi connectivity index (χ0n) is 16.4. The Bertz CT molecular complexity index is 1270. The molecule has 0 bridgehead atoms. The zero-order valence-corrected chi connectivity index (χ0v) is 17.9. The average molecular weight is 453 g/mol. The lowest BCUT2D eigenvalue weighted by Gasteiger charge is -2.23. The molecule has 1 saturated heterocycles. The van der Waals surface area contributed by atoms with E-state index in [0.29, 0.717) is 16.7 Å². The van der Waals surface area contributed by atoms with Crippen LogP contribution in [0.3, 0.4) is 0 Å². The Morgan fingerprint density at radius 3 is 3.00 bits per heavy atom. The highest BCUT2D eigenvalue weighted by Crippen LogP contribution is 2.36. The largest absolute Gasteiger partial charge is 0.369 e. The third kappa shape index (κ3) is 3.71. The molecule has 1 aliphatic heterocycles. The molecule has 5 rings (SSSR count). The summed E-state index contributed by atoms with van der Waals surface area (Å²) in [4.78, 5) is 18.1. The molecule has 1 fully saturated rings. The van der Waals surface area contributed by atoms with Crippen molar-refractivity contribution in [3.8, 4) is 17.3 Å². The van der Waals surface area contributed by atoms with Crippen LogP contribution in [0.4, 0.5) is 5.69 Å². The van der Waals surface area contributed by atoms with E-state index in [2.05, 4.69) is 36.0 Å². The van der Waals surface area contributed by atoms with Crippen LogP contribution >= 0.6 is 23.2 Å². The van der Waals surface area contributed by atoms with Crippen LogP contribution in [0.15, 0.2) is 43.1 Å². The second-order valence-corrected chi connectivity index (χ2v) is 8.28. The number of hydrogen-bond donors (Lipinski definition) is 1. The Balaban J connectivity index is 1.41. The van der Waals surface area contributed by atoms with E-state index in [1.54, 1.807) is 12.3 Å². The number of anilines is 1. The maximum atomic E-state index is 9.48. The molecule has 1 N–H and O–H groups in total. The minimum atomic E-state index is -0.0497. The molecule has 5 heterocycles. The molecule has 0 aromatic carbocycles. The maximum absolute atomic E-state index is 9.48. The molecule has 0 unspecified atom stereocenters. The van der Waals surface area contributed by atoms with Crippen molar-refractivity contribution in [2.75, 3.05) is 18.0 Å². The Morgan fingerprint density at radius 2 is 2.16 bits per heavy atom. The molecule has 31 heavy (non-hydrogen) atoms. The van der Waals surface area contributed by atoms with Gasteiger partial charge in [-0.3, -0.25) is 4.68 Å². The van der Waals surface area contributed by atoms with Crippen LogP contribution in [0.2, 0.25) is 10.3 Å². The fraction of sp³-hybridized carbons (Fsp3) is 0.286. The van der Waals surface area contributed by atoms with Gasteiger partial charge in [0.25, 0.3) is 0 Å².